The van der Waals surface area contributed by atoms with Gasteiger partial charge < -0.3 is 9.84 Å². The molecule has 1 aromatic heterocycles. The molecule has 0 saturated carbocycles. The number of aliphatic hydroxyl groups excluding tert-OH is 1. The van der Waals surface area contributed by atoms with Crippen molar-refractivity contribution in [1.29, 1.82) is 0 Å². The Morgan fingerprint density at radius 1 is 1.07 bits per heavy atom. The van der Waals surface area contributed by atoms with Gasteiger partial charge in [0.2, 0.25) is 0 Å². The number of ether oxygens (including phenoxy) is 1. The fourth-order valence-electron chi connectivity index (χ4n) is 3.30. The number of nitrogens with zero attached hydrogens (tertiary/aromatic N) is 2. The maximum atomic E-state index is 14.1. The Bertz CT molecular complexity index is 1170. The van der Waals surface area contributed by atoms with Crippen LogP contribution >= 0.6 is 0 Å². The van der Waals surface area contributed by atoms with Crippen molar-refractivity contribution >= 4 is 11.0 Å². The zero-order valence-electron chi connectivity index (χ0n) is 15.4. The minimum atomic E-state index is -0.748. The van der Waals surface area contributed by atoms with E-state index in [2.05, 4.69) is 4.98 Å². The van der Waals surface area contributed by atoms with E-state index in [9.17, 15) is 13.9 Å². The van der Waals surface area contributed by atoms with Crippen LogP contribution in [0.3, 0.4) is 0 Å². The molecule has 0 saturated heterocycles. The molecule has 4 nitrogen and oxygen atoms in total. The Morgan fingerprint density at radius 2 is 1.89 bits per heavy atom. The van der Waals surface area contributed by atoms with E-state index in [1.807, 2.05) is 41.0 Å². The summed E-state index contributed by atoms with van der Waals surface area (Å²) in [6, 6.07) is 14.9. The second-order valence-corrected chi connectivity index (χ2v) is 6.56. The quantitative estimate of drug-likeness (QED) is 0.540. The molecule has 1 heterocycles. The lowest BCUT2D eigenvalue weighted by atomic mass is 10.0. The maximum Gasteiger partial charge on any atom is 0.168 e. The smallest absolute Gasteiger partial charge is 0.168 e. The zero-order valence-corrected chi connectivity index (χ0v) is 15.4. The summed E-state index contributed by atoms with van der Waals surface area (Å²) < 4.78 is 34.9. The lowest BCUT2D eigenvalue weighted by molar-refractivity contribution is 0.199. The fourth-order valence-corrected chi connectivity index (χ4v) is 3.30. The highest BCUT2D eigenvalue weighted by molar-refractivity contribution is 5.79. The van der Waals surface area contributed by atoms with Crippen molar-refractivity contribution in [2.24, 2.45) is 0 Å². The molecule has 0 spiro atoms. The Hall–Kier alpha value is -3.25. The van der Waals surface area contributed by atoms with Crippen LogP contribution in [0, 0.1) is 11.6 Å². The van der Waals surface area contributed by atoms with Crippen LogP contribution in [0.25, 0.3) is 27.8 Å². The number of aliphatic hydroxyl groups is 1. The largest absolute Gasteiger partial charge is 0.493 e. The Labute approximate surface area is 160 Å². The summed E-state index contributed by atoms with van der Waals surface area (Å²) in [6.07, 6.45) is 1.10. The SMILES string of the molecule is COc1c(F)cc(F)cc1-c1cccc(-n2cnc3cc([C@@H](C)O)ccc32)c1. The van der Waals surface area contributed by atoms with Gasteiger partial charge in [0.1, 0.15) is 12.1 Å². The number of imidazole rings is 1. The predicted molar refractivity (Wildman–Crippen MR) is 104 cm³/mol. The Balaban J connectivity index is 1.84. The van der Waals surface area contributed by atoms with Crippen LogP contribution in [0.2, 0.25) is 0 Å². The van der Waals surface area contributed by atoms with Gasteiger partial charge in [-0.2, -0.15) is 0 Å². The summed E-state index contributed by atoms with van der Waals surface area (Å²) in [6.45, 7) is 1.70. The highest BCUT2D eigenvalue weighted by atomic mass is 19.1. The van der Waals surface area contributed by atoms with Crippen molar-refractivity contribution in [2.75, 3.05) is 7.11 Å². The fraction of sp³-hybridized carbons (Fsp3) is 0.136. The van der Waals surface area contributed by atoms with Crippen molar-refractivity contribution in [3.05, 3.63) is 78.1 Å². The van der Waals surface area contributed by atoms with Crippen LogP contribution in [0.5, 0.6) is 5.75 Å². The number of aromatic nitrogens is 2. The molecule has 3 aromatic carbocycles. The molecule has 4 aromatic rings. The summed E-state index contributed by atoms with van der Waals surface area (Å²) in [5.41, 5.74) is 4.14. The predicted octanol–water partition coefficient (Wildman–Crippen LogP) is 5.03. The first-order chi connectivity index (χ1) is 13.5. The average molecular weight is 380 g/mol. The van der Waals surface area contributed by atoms with Crippen LogP contribution in [0.15, 0.2) is 60.9 Å². The van der Waals surface area contributed by atoms with Crippen molar-refractivity contribution in [3.63, 3.8) is 0 Å². The number of fused-ring (bicyclic) bond motifs is 1. The lowest BCUT2D eigenvalue weighted by Crippen LogP contribution is -1.96. The number of benzene rings is 3. The normalized spacial score (nSPS) is 12.3. The molecular formula is C22H18F2N2O2. The Morgan fingerprint density at radius 3 is 2.64 bits per heavy atom. The van der Waals surface area contributed by atoms with Gasteiger partial charge in [0, 0.05) is 17.3 Å². The molecule has 0 bridgehead atoms. The van der Waals surface area contributed by atoms with E-state index < -0.39 is 17.7 Å². The summed E-state index contributed by atoms with van der Waals surface area (Å²) in [7, 11) is 1.35. The van der Waals surface area contributed by atoms with E-state index in [0.717, 1.165) is 28.4 Å². The summed E-state index contributed by atoms with van der Waals surface area (Å²) in [5.74, 6) is -1.42. The van der Waals surface area contributed by atoms with Gasteiger partial charge in [0.25, 0.3) is 0 Å². The lowest BCUT2D eigenvalue weighted by Gasteiger charge is -2.12. The third-order valence-corrected chi connectivity index (χ3v) is 4.70. The summed E-state index contributed by atoms with van der Waals surface area (Å²) in [5, 5.41) is 9.76. The molecule has 1 N–H and O–H groups in total. The average Bonchev–Trinajstić information content (AvgIpc) is 3.10. The molecule has 0 radical (unpaired) electrons. The van der Waals surface area contributed by atoms with Gasteiger partial charge in [-0.1, -0.05) is 18.2 Å². The summed E-state index contributed by atoms with van der Waals surface area (Å²) in [4.78, 5) is 4.41. The molecule has 4 rings (SSSR count). The molecule has 28 heavy (non-hydrogen) atoms. The number of halogens is 2. The molecule has 0 unspecified atom stereocenters. The van der Waals surface area contributed by atoms with Crippen molar-refractivity contribution in [2.45, 2.75) is 13.0 Å². The third-order valence-electron chi connectivity index (χ3n) is 4.70. The minimum absolute atomic E-state index is 0.00406. The molecule has 0 aliphatic carbocycles. The summed E-state index contributed by atoms with van der Waals surface area (Å²) >= 11 is 0. The molecule has 142 valence electrons. The standard InChI is InChI=1S/C22H18F2N2O2/c1-13(27)14-6-7-21-20(9-14)25-12-26(21)17-5-3-4-15(8-17)18-10-16(23)11-19(24)22(18)28-2/h3-13,27H,1-2H3/t13-/m1/s1. The van der Waals surface area contributed by atoms with Crippen LogP contribution in [-0.4, -0.2) is 21.8 Å². The van der Waals surface area contributed by atoms with Crippen molar-refractivity contribution < 1.29 is 18.6 Å². The number of hydrogen-bond acceptors (Lipinski definition) is 3. The van der Waals surface area contributed by atoms with Crippen LogP contribution in [-0.2, 0) is 0 Å². The van der Waals surface area contributed by atoms with E-state index in [-0.39, 0.29) is 5.75 Å². The van der Waals surface area contributed by atoms with E-state index in [1.165, 1.54) is 13.2 Å². The van der Waals surface area contributed by atoms with Crippen molar-refractivity contribution in [1.82, 2.24) is 9.55 Å². The number of methoxy groups -OCH3 is 1. The van der Waals surface area contributed by atoms with Crippen LogP contribution in [0.4, 0.5) is 8.78 Å². The molecule has 0 fully saturated rings. The molecule has 6 heteroatoms. The second kappa shape index (κ2) is 7.05. The van der Waals surface area contributed by atoms with E-state index in [4.69, 9.17) is 4.74 Å². The highest BCUT2D eigenvalue weighted by Crippen LogP contribution is 2.34. The first kappa shape index (κ1) is 18.1. The zero-order chi connectivity index (χ0) is 19.8. The molecular weight excluding hydrogens is 362 g/mol. The van der Waals surface area contributed by atoms with Gasteiger partial charge in [-0.25, -0.2) is 13.8 Å². The minimum Gasteiger partial charge on any atom is -0.493 e. The van der Waals surface area contributed by atoms with Crippen molar-refractivity contribution in [3.8, 4) is 22.6 Å². The van der Waals surface area contributed by atoms with Gasteiger partial charge in [0.05, 0.1) is 24.2 Å². The van der Waals surface area contributed by atoms with E-state index >= 15 is 0 Å². The molecule has 1 atom stereocenters. The van der Waals surface area contributed by atoms with Crippen LogP contribution in [0.1, 0.15) is 18.6 Å². The Kier molecular flexibility index (Phi) is 4.57. The molecule has 0 amide bonds. The van der Waals surface area contributed by atoms with Gasteiger partial charge in [-0.3, -0.25) is 4.57 Å². The van der Waals surface area contributed by atoms with E-state index in [1.54, 1.807) is 19.3 Å². The van der Waals surface area contributed by atoms with Gasteiger partial charge in [-0.05, 0) is 48.4 Å². The van der Waals surface area contributed by atoms with E-state index in [0.29, 0.717) is 11.1 Å². The van der Waals surface area contributed by atoms with Gasteiger partial charge >= 0.3 is 0 Å². The van der Waals surface area contributed by atoms with Crippen LogP contribution < -0.4 is 4.74 Å². The highest BCUT2D eigenvalue weighted by Gasteiger charge is 2.15. The first-order valence-electron chi connectivity index (χ1n) is 8.77. The van der Waals surface area contributed by atoms with Gasteiger partial charge in [-0.15, -0.1) is 0 Å². The number of rotatable bonds is 4. The van der Waals surface area contributed by atoms with Gasteiger partial charge in [0.15, 0.2) is 11.6 Å². The monoisotopic (exact) mass is 380 g/mol. The third kappa shape index (κ3) is 3.12. The first-order valence-corrected chi connectivity index (χ1v) is 8.77. The topological polar surface area (TPSA) is 47.3 Å². The molecule has 0 aliphatic rings. The second-order valence-electron chi connectivity index (χ2n) is 6.56. The molecule has 0 aliphatic heterocycles. The maximum absolute atomic E-state index is 14.1. The number of hydrogen-bond donors (Lipinski definition) is 1.